The number of anilines is 1. The van der Waals surface area contributed by atoms with Crippen molar-refractivity contribution in [3.8, 4) is 22.8 Å². The van der Waals surface area contributed by atoms with Crippen LogP contribution in [0.4, 0.5) is 5.13 Å². The maximum Gasteiger partial charge on any atom is 0.183 e. The Morgan fingerprint density at radius 3 is 2.56 bits per heavy atom. The molecule has 3 aromatic rings. The van der Waals surface area contributed by atoms with E-state index in [2.05, 4.69) is 42.7 Å². The Labute approximate surface area is 152 Å². The average molecular weight is 354 g/mol. The van der Waals surface area contributed by atoms with Crippen LogP contribution < -0.4 is 14.8 Å². The maximum absolute atomic E-state index is 5.35. The van der Waals surface area contributed by atoms with Gasteiger partial charge in [-0.15, -0.1) is 11.3 Å². The molecule has 0 bridgehead atoms. The molecule has 0 unspecified atom stereocenters. The molecule has 130 valence electrons. The Kier molecular flexibility index (Phi) is 5.24. The van der Waals surface area contributed by atoms with Crippen molar-refractivity contribution >= 4 is 16.5 Å². The predicted molar refractivity (Wildman–Crippen MR) is 104 cm³/mol. The van der Waals surface area contributed by atoms with Crippen molar-refractivity contribution in [2.45, 2.75) is 20.4 Å². The van der Waals surface area contributed by atoms with E-state index in [1.165, 1.54) is 16.7 Å². The molecule has 3 rings (SSSR count). The highest BCUT2D eigenvalue weighted by Crippen LogP contribution is 2.30. The van der Waals surface area contributed by atoms with Crippen molar-refractivity contribution in [1.29, 1.82) is 0 Å². The molecule has 1 aromatic heterocycles. The van der Waals surface area contributed by atoms with Gasteiger partial charge in [-0.3, -0.25) is 0 Å². The summed E-state index contributed by atoms with van der Waals surface area (Å²) in [7, 11) is 3.28. The third-order valence-electron chi connectivity index (χ3n) is 4.06. The number of methoxy groups -OCH3 is 2. The number of benzene rings is 2. The third-order valence-corrected chi connectivity index (χ3v) is 4.86. The fraction of sp³-hybridized carbons (Fsp3) is 0.250. The lowest BCUT2D eigenvalue weighted by Gasteiger charge is -2.10. The monoisotopic (exact) mass is 354 g/mol. The molecule has 0 fully saturated rings. The number of hydrogen-bond acceptors (Lipinski definition) is 5. The number of aromatic nitrogens is 1. The molecule has 0 spiro atoms. The van der Waals surface area contributed by atoms with E-state index in [0.717, 1.165) is 27.9 Å². The first-order valence-electron chi connectivity index (χ1n) is 8.08. The van der Waals surface area contributed by atoms with Gasteiger partial charge in [0.1, 0.15) is 0 Å². The Hall–Kier alpha value is -2.53. The number of ether oxygens (including phenoxy) is 2. The summed E-state index contributed by atoms with van der Waals surface area (Å²) in [5.41, 5.74) is 5.80. The second kappa shape index (κ2) is 7.57. The fourth-order valence-electron chi connectivity index (χ4n) is 2.66. The average Bonchev–Trinajstić information content (AvgIpc) is 3.10. The molecule has 5 heteroatoms. The van der Waals surface area contributed by atoms with Gasteiger partial charge in [0.2, 0.25) is 0 Å². The van der Waals surface area contributed by atoms with Gasteiger partial charge in [0, 0.05) is 17.5 Å². The van der Waals surface area contributed by atoms with E-state index in [1.807, 2.05) is 18.2 Å². The first-order valence-corrected chi connectivity index (χ1v) is 8.96. The number of rotatable bonds is 6. The summed E-state index contributed by atoms with van der Waals surface area (Å²) in [5.74, 6) is 1.47. The summed E-state index contributed by atoms with van der Waals surface area (Å²) in [5, 5.41) is 6.39. The molecule has 4 nitrogen and oxygen atoms in total. The van der Waals surface area contributed by atoms with Crippen molar-refractivity contribution in [3.63, 3.8) is 0 Å². The Balaban J connectivity index is 1.73. The van der Waals surface area contributed by atoms with Crippen LogP contribution in [0.15, 0.2) is 41.8 Å². The molecule has 0 saturated heterocycles. The molecule has 0 aliphatic rings. The van der Waals surface area contributed by atoms with Crippen molar-refractivity contribution in [1.82, 2.24) is 4.98 Å². The van der Waals surface area contributed by atoms with Gasteiger partial charge in [0.25, 0.3) is 0 Å². The first kappa shape index (κ1) is 17.3. The summed E-state index contributed by atoms with van der Waals surface area (Å²) >= 11 is 1.62. The minimum Gasteiger partial charge on any atom is -0.493 e. The highest BCUT2D eigenvalue weighted by atomic mass is 32.1. The molecule has 1 heterocycles. The van der Waals surface area contributed by atoms with E-state index in [0.29, 0.717) is 6.54 Å². The van der Waals surface area contributed by atoms with Crippen LogP contribution in [0.2, 0.25) is 0 Å². The van der Waals surface area contributed by atoms with Crippen molar-refractivity contribution < 1.29 is 9.47 Å². The Morgan fingerprint density at radius 1 is 1.00 bits per heavy atom. The molecular weight excluding hydrogens is 332 g/mol. The summed E-state index contributed by atoms with van der Waals surface area (Å²) in [6.07, 6.45) is 0. The zero-order valence-electron chi connectivity index (χ0n) is 14.9. The largest absolute Gasteiger partial charge is 0.493 e. The molecular formula is C20H22N2O2S. The summed E-state index contributed by atoms with van der Waals surface area (Å²) in [6, 6.07) is 12.4. The van der Waals surface area contributed by atoms with E-state index < -0.39 is 0 Å². The summed E-state index contributed by atoms with van der Waals surface area (Å²) in [6.45, 7) is 4.90. The van der Waals surface area contributed by atoms with Crippen LogP contribution in [0.3, 0.4) is 0 Å². The van der Waals surface area contributed by atoms with Gasteiger partial charge in [0.15, 0.2) is 16.6 Å². The lowest BCUT2D eigenvalue weighted by atomic mass is 10.0. The van der Waals surface area contributed by atoms with Crippen molar-refractivity contribution in [2.24, 2.45) is 0 Å². The van der Waals surface area contributed by atoms with E-state index >= 15 is 0 Å². The molecule has 0 saturated carbocycles. The maximum atomic E-state index is 5.35. The predicted octanol–water partition coefficient (Wildman–Crippen LogP) is 5.06. The van der Waals surface area contributed by atoms with Gasteiger partial charge in [-0.2, -0.15) is 0 Å². The van der Waals surface area contributed by atoms with Gasteiger partial charge in [-0.25, -0.2) is 4.98 Å². The van der Waals surface area contributed by atoms with Crippen LogP contribution in [0.5, 0.6) is 11.5 Å². The number of thiazole rings is 1. The zero-order valence-corrected chi connectivity index (χ0v) is 15.7. The smallest absolute Gasteiger partial charge is 0.183 e. The van der Waals surface area contributed by atoms with Gasteiger partial charge in [-0.1, -0.05) is 23.8 Å². The minimum atomic E-state index is 0.681. The van der Waals surface area contributed by atoms with Crippen LogP contribution in [0.25, 0.3) is 11.3 Å². The quantitative estimate of drug-likeness (QED) is 0.672. The van der Waals surface area contributed by atoms with Crippen molar-refractivity contribution in [2.75, 3.05) is 19.5 Å². The number of aryl methyl sites for hydroxylation is 2. The van der Waals surface area contributed by atoms with Gasteiger partial charge >= 0.3 is 0 Å². The second-order valence-corrected chi connectivity index (χ2v) is 6.76. The molecule has 2 aromatic carbocycles. The first-order chi connectivity index (χ1) is 12.1. The van der Waals surface area contributed by atoms with Gasteiger partial charge in [0.05, 0.1) is 19.9 Å². The molecule has 1 N–H and O–H groups in total. The van der Waals surface area contributed by atoms with Crippen LogP contribution in [-0.4, -0.2) is 19.2 Å². The normalized spacial score (nSPS) is 10.6. The van der Waals surface area contributed by atoms with Crippen LogP contribution in [0.1, 0.15) is 16.7 Å². The highest BCUT2D eigenvalue weighted by molar-refractivity contribution is 7.14. The second-order valence-electron chi connectivity index (χ2n) is 5.90. The van der Waals surface area contributed by atoms with Gasteiger partial charge in [-0.05, 0) is 43.2 Å². The number of nitrogens with one attached hydrogen (secondary N) is 1. The van der Waals surface area contributed by atoms with E-state index in [9.17, 15) is 0 Å². The topological polar surface area (TPSA) is 43.4 Å². The summed E-state index contributed by atoms with van der Waals surface area (Å²) in [4.78, 5) is 4.73. The minimum absolute atomic E-state index is 0.681. The number of nitrogens with zero attached hydrogens (tertiary/aromatic N) is 1. The SMILES string of the molecule is COc1ccc(CNc2nc(-c3cc(C)ccc3C)cs2)cc1OC. The molecule has 0 amide bonds. The van der Waals surface area contributed by atoms with E-state index in [1.54, 1.807) is 25.6 Å². The number of hydrogen-bond donors (Lipinski definition) is 1. The molecule has 25 heavy (non-hydrogen) atoms. The highest BCUT2D eigenvalue weighted by Gasteiger charge is 2.09. The lowest BCUT2D eigenvalue weighted by Crippen LogP contribution is -2.00. The van der Waals surface area contributed by atoms with Crippen LogP contribution in [-0.2, 0) is 6.54 Å². The van der Waals surface area contributed by atoms with Crippen LogP contribution in [0, 0.1) is 13.8 Å². The zero-order chi connectivity index (χ0) is 17.8. The standard InChI is InChI=1S/C20H22N2O2S/c1-13-5-6-14(2)16(9-13)17-12-25-20(22-17)21-11-15-7-8-18(23-3)19(10-15)24-4/h5-10,12H,11H2,1-4H3,(H,21,22). The lowest BCUT2D eigenvalue weighted by molar-refractivity contribution is 0.354. The summed E-state index contributed by atoms with van der Waals surface area (Å²) < 4.78 is 10.6. The van der Waals surface area contributed by atoms with E-state index in [-0.39, 0.29) is 0 Å². The fourth-order valence-corrected chi connectivity index (χ4v) is 3.37. The molecule has 0 radical (unpaired) electrons. The van der Waals surface area contributed by atoms with Crippen molar-refractivity contribution in [3.05, 3.63) is 58.5 Å². The van der Waals surface area contributed by atoms with Crippen LogP contribution >= 0.6 is 11.3 Å². The van der Waals surface area contributed by atoms with Gasteiger partial charge < -0.3 is 14.8 Å². The Bertz CT molecular complexity index is 874. The third kappa shape index (κ3) is 3.94. The Morgan fingerprint density at radius 2 is 1.80 bits per heavy atom. The molecule has 0 aliphatic carbocycles. The molecule has 0 aliphatic heterocycles. The molecule has 0 atom stereocenters. The van der Waals surface area contributed by atoms with E-state index in [4.69, 9.17) is 14.5 Å².